The molecule has 0 unspecified atom stereocenters. The van der Waals surface area contributed by atoms with Crippen molar-refractivity contribution in [3.05, 3.63) is 33.8 Å². The number of rotatable bonds is 3. The van der Waals surface area contributed by atoms with Gasteiger partial charge in [0.15, 0.2) is 17.5 Å². The van der Waals surface area contributed by atoms with E-state index in [0.29, 0.717) is 25.7 Å². The monoisotopic (exact) mass is 460 g/mol. The first-order valence-electron chi connectivity index (χ1n) is 7.51. The number of fused-ring (bicyclic) bond motifs is 1. The molecule has 1 aromatic heterocycles. The Kier molecular flexibility index (Phi) is 6.67. The Balaban J connectivity index is 0.00000208. The molecule has 0 bridgehead atoms. The lowest BCUT2D eigenvalue weighted by Crippen LogP contribution is -2.22. The average Bonchev–Trinajstić information content (AvgIpc) is 2.72. The molecular weight excluding hydrogens is 439 g/mol. The molecule has 24 heavy (non-hydrogen) atoms. The summed E-state index contributed by atoms with van der Waals surface area (Å²) >= 11 is 1.65. The fraction of sp³-hybridized carbons (Fsp3) is 0.375. The van der Waals surface area contributed by atoms with Crippen LogP contribution in [0.15, 0.2) is 23.2 Å². The maximum Gasteiger partial charge on any atom is 0.193 e. The lowest BCUT2D eigenvalue weighted by atomic mass is 10.3. The highest BCUT2D eigenvalue weighted by Gasteiger charge is 2.11. The van der Waals surface area contributed by atoms with Gasteiger partial charge in [-0.2, -0.15) is 0 Å². The van der Waals surface area contributed by atoms with Crippen molar-refractivity contribution in [1.82, 2.24) is 4.98 Å². The number of aromatic nitrogens is 1. The number of nitrogens with one attached hydrogen (secondary N) is 1. The zero-order valence-corrected chi connectivity index (χ0v) is 16.8. The van der Waals surface area contributed by atoms with E-state index in [0.717, 1.165) is 39.2 Å². The molecule has 1 aliphatic heterocycles. The summed E-state index contributed by atoms with van der Waals surface area (Å²) in [5, 5.41) is 4.13. The maximum atomic E-state index is 5.97. The Morgan fingerprint density at radius 2 is 2.04 bits per heavy atom. The van der Waals surface area contributed by atoms with E-state index in [2.05, 4.69) is 15.3 Å². The summed E-state index contributed by atoms with van der Waals surface area (Å²) in [4.78, 5) is 9.89. The molecule has 2 heterocycles. The van der Waals surface area contributed by atoms with Crippen molar-refractivity contribution in [2.45, 2.75) is 26.8 Å². The van der Waals surface area contributed by atoms with E-state index in [9.17, 15) is 0 Å². The number of aliphatic imine (C=N–C) groups is 1. The average molecular weight is 460 g/mol. The number of halogens is 1. The van der Waals surface area contributed by atoms with Gasteiger partial charge in [-0.25, -0.2) is 9.98 Å². The number of thiazole rings is 1. The van der Waals surface area contributed by atoms with Gasteiger partial charge in [-0.1, -0.05) is 0 Å². The van der Waals surface area contributed by atoms with Crippen LogP contribution in [0.25, 0.3) is 0 Å². The number of aryl methyl sites for hydroxylation is 2. The van der Waals surface area contributed by atoms with Gasteiger partial charge >= 0.3 is 0 Å². The molecule has 6 nitrogen and oxygen atoms in total. The summed E-state index contributed by atoms with van der Waals surface area (Å²) in [7, 11) is 0. The molecule has 0 fully saturated rings. The van der Waals surface area contributed by atoms with Crippen molar-refractivity contribution in [3.63, 3.8) is 0 Å². The molecule has 0 saturated heterocycles. The molecule has 0 saturated carbocycles. The summed E-state index contributed by atoms with van der Waals surface area (Å²) in [6.45, 7) is 5.84. The fourth-order valence-corrected chi connectivity index (χ4v) is 3.17. The molecule has 2 aromatic rings. The number of guanidine groups is 1. The zero-order chi connectivity index (χ0) is 16.2. The molecule has 0 radical (unpaired) electrons. The van der Waals surface area contributed by atoms with E-state index < -0.39 is 0 Å². The van der Waals surface area contributed by atoms with Crippen LogP contribution in [0.3, 0.4) is 0 Å². The first-order chi connectivity index (χ1) is 11.1. The number of hydrogen-bond donors (Lipinski definition) is 2. The van der Waals surface area contributed by atoms with Gasteiger partial charge < -0.3 is 20.5 Å². The van der Waals surface area contributed by atoms with Gasteiger partial charge in [0.1, 0.15) is 0 Å². The Bertz CT molecular complexity index is 733. The second kappa shape index (κ2) is 8.52. The molecule has 3 N–H and O–H groups in total. The van der Waals surface area contributed by atoms with Crippen LogP contribution in [0.2, 0.25) is 0 Å². The Labute approximate surface area is 162 Å². The molecule has 0 amide bonds. The molecule has 1 aliphatic rings. The predicted octanol–water partition coefficient (Wildman–Crippen LogP) is 3.47. The highest BCUT2D eigenvalue weighted by Crippen LogP contribution is 2.32. The third kappa shape index (κ3) is 4.73. The summed E-state index contributed by atoms with van der Waals surface area (Å²) < 4.78 is 11.3. The third-order valence-corrected chi connectivity index (χ3v) is 4.47. The molecule has 0 aliphatic carbocycles. The normalized spacial score (nSPS) is 13.8. The van der Waals surface area contributed by atoms with Gasteiger partial charge in [-0.3, -0.25) is 0 Å². The first-order valence-corrected chi connectivity index (χ1v) is 8.33. The smallest absolute Gasteiger partial charge is 0.193 e. The van der Waals surface area contributed by atoms with Gasteiger partial charge in [0.25, 0.3) is 0 Å². The minimum Gasteiger partial charge on any atom is -0.490 e. The van der Waals surface area contributed by atoms with Gasteiger partial charge in [-0.05, 0) is 26.0 Å². The van der Waals surface area contributed by atoms with E-state index in [1.165, 1.54) is 0 Å². The molecule has 130 valence electrons. The molecule has 1 aromatic carbocycles. The molecule has 0 spiro atoms. The summed E-state index contributed by atoms with van der Waals surface area (Å²) in [5.41, 5.74) is 7.81. The molecular formula is C16H21IN4O2S. The minimum atomic E-state index is 0. The lowest BCUT2D eigenvalue weighted by Gasteiger charge is -2.10. The number of ether oxygens (including phenoxy) is 2. The molecule has 8 heteroatoms. The molecule has 3 rings (SSSR count). The lowest BCUT2D eigenvalue weighted by molar-refractivity contribution is 0.297. The zero-order valence-electron chi connectivity index (χ0n) is 13.7. The van der Waals surface area contributed by atoms with Crippen LogP contribution in [0.1, 0.15) is 22.0 Å². The number of nitrogens with zero attached hydrogens (tertiary/aromatic N) is 2. The SMILES string of the molecule is Cc1nc(C)c(CN=C(N)Nc2ccc3c(c2)OCCCO3)s1.I. The van der Waals surface area contributed by atoms with Crippen molar-refractivity contribution >= 4 is 47.0 Å². The van der Waals surface area contributed by atoms with Crippen LogP contribution < -0.4 is 20.5 Å². The van der Waals surface area contributed by atoms with E-state index in [-0.39, 0.29) is 24.0 Å². The minimum absolute atomic E-state index is 0. The quantitative estimate of drug-likeness (QED) is 0.417. The van der Waals surface area contributed by atoms with Gasteiger partial charge in [-0.15, -0.1) is 35.3 Å². The van der Waals surface area contributed by atoms with E-state index in [4.69, 9.17) is 15.2 Å². The summed E-state index contributed by atoms with van der Waals surface area (Å²) in [6, 6.07) is 5.66. The van der Waals surface area contributed by atoms with E-state index >= 15 is 0 Å². The maximum absolute atomic E-state index is 5.97. The highest BCUT2D eigenvalue weighted by atomic mass is 127. The number of anilines is 1. The summed E-state index contributed by atoms with van der Waals surface area (Å²) in [5.74, 6) is 1.86. The Hall–Kier alpha value is -1.55. The first kappa shape index (κ1) is 18.8. The van der Waals surface area contributed by atoms with E-state index in [1.807, 2.05) is 32.0 Å². The van der Waals surface area contributed by atoms with Crippen molar-refractivity contribution < 1.29 is 9.47 Å². The summed E-state index contributed by atoms with van der Waals surface area (Å²) in [6.07, 6.45) is 0.884. The Morgan fingerprint density at radius 1 is 1.29 bits per heavy atom. The highest BCUT2D eigenvalue weighted by molar-refractivity contribution is 14.0. The number of benzene rings is 1. The van der Waals surface area contributed by atoms with Crippen molar-refractivity contribution in [2.24, 2.45) is 10.7 Å². The molecule has 0 atom stereocenters. The van der Waals surface area contributed by atoms with Crippen molar-refractivity contribution in [1.29, 1.82) is 0 Å². The van der Waals surface area contributed by atoms with Gasteiger partial charge in [0.05, 0.1) is 30.5 Å². The largest absolute Gasteiger partial charge is 0.490 e. The fourth-order valence-electron chi connectivity index (χ4n) is 2.31. The predicted molar refractivity (Wildman–Crippen MR) is 108 cm³/mol. The van der Waals surface area contributed by atoms with Crippen LogP contribution >= 0.6 is 35.3 Å². The van der Waals surface area contributed by atoms with Crippen LogP contribution in [0, 0.1) is 13.8 Å². The number of nitrogens with two attached hydrogens (primary N) is 1. The van der Waals surface area contributed by atoms with Gasteiger partial charge in [0.2, 0.25) is 0 Å². The van der Waals surface area contributed by atoms with Crippen LogP contribution in [0.5, 0.6) is 11.5 Å². The van der Waals surface area contributed by atoms with Crippen molar-refractivity contribution in [3.8, 4) is 11.5 Å². The third-order valence-electron chi connectivity index (χ3n) is 3.41. The van der Waals surface area contributed by atoms with Crippen LogP contribution in [-0.2, 0) is 6.54 Å². The second-order valence-corrected chi connectivity index (χ2v) is 6.57. The van der Waals surface area contributed by atoms with Crippen LogP contribution in [-0.4, -0.2) is 24.2 Å². The second-order valence-electron chi connectivity index (χ2n) is 5.28. The number of hydrogen-bond acceptors (Lipinski definition) is 5. The van der Waals surface area contributed by atoms with E-state index in [1.54, 1.807) is 11.3 Å². The van der Waals surface area contributed by atoms with Crippen LogP contribution in [0.4, 0.5) is 5.69 Å². The van der Waals surface area contributed by atoms with Gasteiger partial charge in [0, 0.05) is 23.1 Å². The Morgan fingerprint density at radius 3 is 2.75 bits per heavy atom. The standard InChI is InChI=1S/C16H20N4O2S.HI/c1-10-15(23-11(2)19-10)9-18-16(17)20-12-4-5-13-14(8-12)22-7-3-6-21-13;/h4-5,8H,3,6-7,9H2,1-2H3,(H3,17,18,20);1H. The van der Waals surface area contributed by atoms with Crippen molar-refractivity contribution in [2.75, 3.05) is 18.5 Å². The topological polar surface area (TPSA) is 81.8 Å².